The lowest BCUT2D eigenvalue weighted by atomic mass is 9.95. The van der Waals surface area contributed by atoms with Gasteiger partial charge in [0, 0.05) is 17.3 Å². The molecule has 1 aliphatic rings. The number of allylic oxidation sites excluding steroid dienone is 2. The molecule has 0 spiro atoms. The van der Waals surface area contributed by atoms with Gasteiger partial charge in [0.25, 0.3) is 0 Å². The van der Waals surface area contributed by atoms with Gasteiger partial charge in [0.2, 0.25) is 0 Å². The minimum atomic E-state index is -0.0563. The molecule has 2 aromatic carbocycles. The lowest BCUT2D eigenvalue weighted by Crippen LogP contribution is -2.38. The fourth-order valence-corrected chi connectivity index (χ4v) is 4.82. The normalized spacial score (nSPS) is 15.8. The quantitative estimate of drug-likeness (QED) is 0.292. The van der Waals surface area contributed by atoms with Crippen LogP contribution in [0.15, 0.2) is 76.3 Å². The van der Waals surface area contributed by atoms with Crippen molar-refractivity contribution in [2.75, 3.05) is 11.5 Å². The van der Waals surface area contributed by atoms with E-state index in [9.17, 15) is 0 Å². The zero-order valence-electron chi connectivity index (χ0n) is 22.4. The van der Waals surface area contributed by atoms with Gasteiger partial charge in [-0.15, -0.1) is 0 Å². The molecule has 5 heteroatoms. The Kier molecular flexibility index (Phi) is 8.19. The van der Waals surface area contributed by atoms with Gasteiger partial charge in [0.05, 0.1) is 12.6 Å². The topological polar surface area (TPSA) is 47.7 Å². The van der Waals surface area contributed by atoms with E-state index in [1.54, 1.807) is 0 Å². The van der Waals surface area contributed by atoms with Crippen LogP contribution in [0.4, 0.5) is 5.82 Å². The lowest BCUT2D eigenvalue weighted by Gasteiger charge is -2.36. The molecule has 4 rings (SSSR count). The molecule has 0 saturated carbocycles. The fraction of sp³-hybridized carbons (Fsp3) is 0.387. The van der Waals surface area contributed by atoms with Crippen molar-refractivity contribution in [3.05, 3.63) is 94.3 Å². The summed E-state index contributed by atoms with van der Waals surface area (Å²) in [4.78, 5) is 2.21. The first-order valence-electron chi connectivity index (χ1n) is 13.1. The maximum atomic E-state index is 6.44. The van der Waals surface area contributed by atoms with E-state index in [-0.39, 0.29) is 6.04 Å². The van der Waals surface area contributed by atoms with Gasteiger partial charge < -0.3 is 18.9 Å². The molecular formula is C31H38N2O3. The van der Waals surface area contributed by atoms with Crippen molar-refractivity contribution in [3.63, 3.8) is 0 Å². The van der Waals surface area contributed by atoms with Crippen LogP contribution in [-0.4, -0.2) is 17.8 Å². The number of rotatable bonds is 10. The SMILES string of the molecule is CCCc1cc(COC2=C(OCC)C(C)N(c3noc(C)c3C)C(CC)=C2)ccc1-c1ccccc1. The number of aryl methyl sites for hydroxylation is 2. The van der Waals surface area contributed by atoms with Crippen molar-refractivity contribution in [2.45, 2.75) is 73.5 Å². The minimum absolute atomic E-state index is 0.0563. The molecule has 3 aromatic rings. The molecule has 0 fully saturated rings. The van der Waals surface area contributed by atoms with E-state index in [1.165, 1.54) is 16.7 Å². The zero-order chi connectivity index (χ0) is 25.7. The molecule has 0 N–H and O–H groups in total. The molecule has 1 atom stereocenters. The van der Waals surface area contributed by atoms with Crippen molar-refractivity contribution in [2.24, 2.45) is 0 Å². The van der Waals surface area contributed by atoms with E-state index in [0.29, 0.717) is 13.2 Å². The monoisotopic (exact) mass is 486 g/mol. The van der Waals surface area contributed by atoms with E-state index in [2.05, 4.69) is 85.4 Å². The summed E-state index contributed by atoms with van der Waals surface area (Å²) in [5, 5.41) is 4.35. The van der Waals surface area contributed by atoms with Crippen LogP contribution in [0.25, 0.3) is 11.1 Å². The van der Waals surface area contributed by atoms with Gasteiger partial charge in [-0.3, -0.25) is 0 Å². The second kappa shape index (κ2) is 11.5. The fourth-order valence-electron chi connectivity index (χ4n) is 4.82. The molecule has 36 heavy (non-hydrogen) atoms. The third-order valence-corrected chi connectivity index (χ3v) is 6.81. The number of anilines is 1. The van der Waals surface area contributed by atoms with Crippen LogP contribution in [0.3, 0.4) is 0 Å². The molecule has 1 aliphatic heterocycles. The average Bonchev–Trinajstić information content (AvgIpc) is 3.22. The van der Waals surface area contributed by atoms with Gasteiger partial charge in [-0.05, 0) is 62.8 Å². The first-order chi connectivity index (χ1) is 17.5. The van der Waals surface area contributed by atoms with Crippen molar-refractivity contribution in [1.29, 1.82) is 0 Å². The van der Waals surface area contributed by atoms with Crippen molar-refractivity contribution < 1.29 is 14.0 Å². The predicted octanol–water partition coefficient (Wildman–Crippen LogP) is 7.88. The first kappa shape index (κ1) is 25.6. The number of hydrogen-bond donors (Lipinski definition) is 0. The van der Waals surface area contributed by atoms with Crippen LogP contribution >= 0.6 is 0 Å². The molecule has 0 radical (unpaired) electrons. The summed E-state index contributed by atoms with van der Waals surface area (Å²) in [5.41, 5.74) is 7.24. The van der Waals surface area contributed by atoms with Gasteiger partial charge in [-0.1, -0.05) is 74.0 Å². The van der Waals surface area contributed by atoms with Gasteiger partial charge in [0.15, 0.2) is 17.3 Å². The van der Waals surface area contributed by atoms with E-state index in [0.717, 1.165) is 59.2 Å². The Bertz CT molecular complexity index is 1240. The predicted molar refractivity (Wildman–Crippen MR) is 146 cm³/mol. The summed E-state index contributed by atoms with van der Waals surface area (Å²) >= 11 is 0. The summed E-state index contributed by atoms with van der Waals surface area (Å²) in [6.45, 7) is 13.6. The number of aromatic nitrogens is 1. The van der Waals surface area contributed by atoms with Crippen molar-refractivity contribution in [3.8, 4) is 11.1 Å². The Morgan fingerprint density at radius 1 is 1.00 bits per heavy atom. The largest absolute Gasteiger partial charge is 0.492 e. The van der Waals surface area contributed by atoms with Crippen LogP contribution in [0.1, 0.15) is 63.0 Å². The third-order valence-electron chi connectivity index (χ3n) is 6.81. The van der Waals surface area contributed by atoms with Gasteiger partial charge >= 0.3 is 0 Å². The van der Waals surface area contributed by atoms with Crippen molar-refractivity contribution >= 4 is 5.82 Å². The molecule has 0 aliphatic carbocycles. The first-order valence-corrected chi connectivity index (χ1v) is 13.1. The molecule has 5 nitrogen and oxygen atoms in total. The third kappa shape index (κ3) is 5.20. The Hall–Kier alpha value is -3.47. The molecule has 0 saturated heterocycles. The highest BCUT2D eigenvalue weighted by Crippen LogP contribution is 2.36. The average molecular weight is 487 g/mol. The molecule has 0 bridgehead atoms. The van der Waals surface area contributed by atoms with E-state index in [4.69, 9.17) is 14.0 Å². The second-order valence-electron chi connectivity index (χ2n) is 9.28. The summed E-state index contributed by atoms with van der Waals surface area (Å²) in [7, 11) is 0. The van der Waals surface area contributed by atoms with Gasteiger partial charge in [-0.2, -0.15) is 0 Å². The summed E-state index contributed by atoms with van der Waals surface area (Å²) in [6.07, 6.45) is 5.07. The van der Waals surface area contributed by atoms with Crippen LogP contribution in [-0.2, 0) is 22.5 Å². The smallest absolute Gasteiger partial charge is 0.180 e. The van der Waals surface area contributed by atoms with E-state index >= 15 is 0 Å². The van der Waals surface area contributed by atoms with E-state index < -0.39 is 0 Å². The maximum Gasteiger partial charge on any atom is 0.180 e. The van der Waals surface area contributed by atoms with Gasteiger partial charge in [0.1, 0.15) is 12.4 Å². The lowest BCUT2D eigenvalue weighted by molar-refractivity contribution is 0.146. The highest BCUT2D eigenvalue weighted by atomic mass is 16.5. The number of ether oxygens (including phenoxy) is 2. The highest BCUT2D eigenvalue weighted by Gasteiger charge is 2.33. The number of benzene rings is 2. The Morgan fingerprint density at radius 2 is 1.78 bits per heavy atom. The van der Waals surface area contributed by atoms with Crippen LogP contribution in [0, 0.1) is 13.8 Å². The second-order valence-corrected chi connectivity index (χ2v) is 9.28. The molecule has 190 valence electrons. The molecular weight excluding hydrogens is 448 g/mol. The summed E-state index contributed by atoms with van der Waals surface area (Å²) in [6, 6.07) is 17.2. The highest BCUT2D eigenvalue weighted by molar-refractivity contribution is 5.68. The standard InChI is InChI=1S/C31H38N2O3/c1-7-13-26-18-24(16-17-28(26)25-14-11-10-12-15-25)20-35-29-19-27(8-2)33(22(5)30(29)34-9-3)31-21(4)23(6)36-32-31/h10-12,14-19,22H,7-9,13,20H2,1-6H3. The Labute approximate surface area is 215 Å². The molecule has 0 amide bonds. The van der Waals surface area contributed by atoms with Crippen LogP contribution in [0.5, 0.6) is 0 Å². The molecule has 2 heterocycles. The number of hydrogen-bond acceptors (Lipinski definition) is 5. The number of nitrogens with zero attached hydrogens (tertiary/aromatic N) is 2. The minimum Gasteiger partial charge on any atom is -0.492 e. The van der Waals surface area contributed by atoms with Crippen LogP contribution < -0.4 is 4.90 Å². The van der Waals surface area contributed by atoms with Crippen LogP contribution in [0.2, 0.25) is 0 Å². The Balaban J connectivity index is 1.62. The Morgan fingerprint density at radius 3 is 2.42 bits per heavy atom. The van der Waals surface area contributed by atoms with E-state index in [1.807, 2.05) is 20.8 Å². The molecule has 1 aromatic heterocycles. The maximum absolute atomic E-state index is 6.44. The summed E-state index contributed by atoms with van der Waals surface area (Å²) in [5.74, 6) is 3.28. The zero-order valence-corrected chi connectivity index (χ0v) is 22.4. The summed E-state index contributed by atoms with van der Waals surface area (Å²) < 4.78 is 18.1. The van der Waals surface area contributed by atoms with Crippen molar-refractivity contribution in [1.82, 2.24) is 5.16 Å². The molecule has 1 unspecified atom stereocenters. The van der Waals surface area contributed by atoms with Gasteiger partial charge in [-0.25, -0.2) is 0 Å².